The van der Waals surface area contributed by atoms with Crippen LogP contribution in [0.3, 0.4) is 0 Å². The van der Waals surface area contributed by atoms with Crippen molar-refractivity contribution in [3.8, 4) is 29.6 Å². The maximum Gasteiger partial charge on any atom is 0.161 e. The summed E-state index contributed by atoms with van der Waals surface area (Å²) in [6, 6.07) is 2.01. The molecule has 2 aromatic heterocycles. The third-order valence-electron chi connectivity index (χ3n) is 4.42. The zero-order chi connectivity index (χ0) is 24.5. The van der Waals surface area contributed by atoms with Crippen LogP contribution < -0.4 is 11.1 Å². The first kappa shape index (κ1) is 27.5. The number of nitriles is 1. The second-order valence-corrected chi connectivity index (χ2v) is 8.06. The van der Waals surface area contributed by atoms with E-state index in [9.17, 15) is 4.79 Å². The summed E-state index contributed by atoms with van der Waals surface area (Å²) in [5, 5.41) is 12.5. The van der Waals surface area contributed by atoms with E-state index in [0.29, 0.717) is 27.7 Å². The van der Waals surface area contributed by atoms with Crippen molar-refractivity contribution in [1.82, 2.24) is 19.9 Å². The maximum absolute atomic E-state index is 11.5. The number of thiazole rings is 1. The smallest absolute Gasteiger partial charge is 0.161 e. The second kappa shape index (κ2) is 16.2. The van der Waals surface area contributed by atoms with Gasteiger partial charge in [0.25, 0.3) is 0 Å². The minimum atomic E-state index is 0.225. The molecular formula is C24H31N7OS. The summed E-state index contributed by atoms with van der Waals surface area (Å²) in [4.78, 5) is 27.7. The number of allylic oxidation sites excluding steroid dienone is 3. The number of aldehydes is 1. The highest BCUT2D eigenvalue weighted by atomic mass is 32.1. The van der Waals surface area contributed by atoms with Crippen LogP contribution in [0.1, 0.15) is 41.6 Å². The van der Waals surface area contributed by atoms with Gasteiger partial charge in [-0.05, 0) is 19.5 Å². The molecule has 174 valence electrons. The number of terminal acetylenes is 1. The van der Waals surface area contributed by atoms with Gasteiger partial charge in [0, 0.05) is 31.8 Å². The first-order chi connectivity index (χ1) is 16.1. The van der Waals surface area contributed by atoms with Gasteiger partial charge in [-0.25, -0.2) is 15.0 Å². The van der Waals surface area contributed by atoms with Crippen LogP contribution in [-0.2, 0) is 6.42 Å². The van der Waals surface area contributed by atoms with Crippen molar-refractivity contribution < 1.29 is 4.79 Å². The number of nitrogens with one attached hydrogen (secondary N) is 1. The molecule has 0 aromatic carbocycles. The van der Waals surface area contributed by atoms with Crippen molar-refractivity contribution in [1.29, 1.82) is 5.26 Å². The number of unbranched alkanes of at least 4 members (excludes halogenated alkanes) is 1. The molecule has 33 heavy (non-hydrogen) atoms. The fourth-order valence-electron chi connectivity index (χ4n) is 2.64. The Balaban J connectivity index is 0.00000265. The highest BCUT2D eigenvalue weighted by molar-refractivity contribution is 7.16. The van der Waals surface area contributed by atoms with Gasteiger partial charge in [0.15, 0.2) is 6.29 Å². The van der Waals surface area contributed by atoms with Crippen molar-refractivity contribution in [2.24, 2.45) is 5.73 Å². The SMILES string of the molecule is C#C.CCCCNc1cnc(-c2nc(CCN(C)C/C=C\C=C(\N)CC#N)c(C=O)s2)cn1. The standard InChI is InChI=1S/C22H29N7OS.C2H2/c1-3-4-11-25-21-15-26-19(14-27-21)22-28-18(20(16-30)31-22)9-13-29(2)12-6-5-7-17(24)8-10-23;1-2/h5-7,14-16H,3-4,8-9,11-13,24H2,1-2H3,(H,25,27);1-2H/b6-5-,17-7+;. The molecule has 9 heteroatoms. The highest BCUT2D eigenvalue weighted by Gasteiger charge is 2.14. The van der Waals surface area contributed by atoms with E-state index in [1.807, 2.05) is 25.3 Å². The van der Waals surface area contributed by atoms with E-state index in [-0.39, 0.29) is 6.42 Å². The maximum atomic E-state index is 11.5. The van der Waals surface area contributed by atoms with Crippen molar-refractivity contribution in [2.75, 3.05) is 32.0 Å². The molecule has 0 spiro atoms. The van der Waals surface area contributed by atoms with E-state index >= 15 is 0 Å². The minimum absolute atomic E-state index is 0.225. The predicted octanol–water partition coefficient (Wildman–Crippen LogP) is 3.66. The topological polar surface area (TPSA) is 121 Å². The van der Waals surface area contributed by atoms with Crippen molar-refractivity contribution in [3.05, 3.63) is 46.9 Å². The second-order valence-electron chi connectivity index (χ2n) is 7.03. The number of hydrogen-bond donors (Lipinski definition) is 2. The molecular weight excluding hydrogens is 434 g/mol. The number of nitrogens with zero attached hydrogens (tertiary/aromatic N) is 5. The van der Waals surface area contributed by atoms with E-state index in [2.05, 4.69) is 44.9 Å². The average Bonchev–Trinajstić information content (AvgIpc) is 3.26. The van der Waals surface area contributed by atoms with Crippen LogP contribution in [0.2, 0.25) is 0 Å². The Morgan fingerprint density at radius 2 is 2.15 bits per heavy atom. The van der Waals surface area contributed by atoms with E-state index < -0.39 is 0 Å². The number of likely N-dealkylation sites (N-methyl/N-ethyl adjacent to an activating group) is 1. The molecule has 0 aliphatic rings. The Morgan fingerprint density at radius 1 is 1.36 bits per heavy atom. The van der Waals surface area contributed by atoms with Gasteiger partial charge in [-0.15, -0.1) is 24.2 Å². The number of carbonyl (C=O) groups excluding carboxylic acids is 1. The van der Waals surface area contributed by atoms with E-state index in [4.69, 9.17) is 11.0 Å². The molecule has 0 aliphatic heterocycles. The largest absolute Gasteiger partial charge is 0.401 e. The lowest BCUT2D eigenvalue weighted by Crippen LogP contribution is -2.21. The van der Waals surface area contributed by atoms with Gasteiger partial charge < -0.3 is 16.0 Å². The van der Waals surface area contributed by atoms with Gasteiger partial charge in [-0.2, -0.15) is 5.26 Å². The number of hydrogen-bond acceptors (Lipinski definition) is 9. The third kappa shape index (κ3) is 10.1. The fraction of sp³-hybridized carbons (Fsp3) is 0.375. The van der Waals surface area contributed by atoms with E-state index in [0.717, 1.165) is 50.3 Å². The summed E-state index contributed by atoms with van der Waals surface area (Å²) in [6.45, 7) is 4.48. The van der Waals surface area contributed by atoms with Crippen LogP contribution in [-0.4, -0.2) is 52.8 Å². The molecule has 0 radical (unpaired) electrons. The number of carbonyl (C=O) groups is 1. The lowest BCUT2D eigenvalue weighted by molar-refractivity contribution is 0.112. The normalized spacial score (nSPS) is 11.1. The van der Waals surface area contributed by atoms with Gasteiger partial charge in [-0.1, -0.05) is 25.5 Å². The highest BCUT2D eigenvalue weighted by Crippen LogP contribution is 2.26. The van der Waals surface area contributed by atoms with Crippen LogP contribution in [0.25, 0.3) is 10.7 Å². The molecule has 2 heterocycles. The Hall–Kier alpha value is -3.53. The third-order valence-corrected chi connectivity index (χ3v) is 5.46. The Morgan fingerprint density at radius 3 is 2.79 bits per heavy atom. The molecule has 2 aromatic rings. The van der Waals surface area contributed by atoms with Crippen LogP contribution in [0.4, 0.5) is 5.82 Å². The van der Waals surface area contributed by atoms with Crippen molar-refractivity contribution in [3.63, 3.8) is 0 Å². The number of nitrogens with two attached hydrogens (primary N) is 1. The molecule has 0 unspecified atom stereocenters. The van der Waals surface area contributed by atoms with E-state index in [1.54, 1.807) is 18.5 Å². The predicted molar refractivity (Wildman–Crippen MR) is 135 cm³/mol. The van der Waals surface area contributed by atoms with Crippen LogP contribution in [0, 0.1) is 24.2 Å². The lowest BCUT2D eigenvalue weighted by Gasteiger charge is -2.13. The van der Waals surface area contributed by atoms with Gasteiger partial charge in [0.05, 0.1) is 35.5 Å². The van der Waals surface area contributed by atoms with Crippen molar-refractivity contribution in [2.45, 2.75) is 32.6 Å². The number of anilines is 1. The molecule has 3 N–H and O–H groups in total. The average molecular weight is 466 g/mol. The zero-order valence-electron chi connectivity index (χ0n) is 19.2. The quantitative estimate of drug-likeness (QED) is 0.199. The lowest BCUT2D eigenvalue weighted by atomic mass is 10.2. The minimum Gasteiger partial charge on any atom is -0.401 e. The summed E-state index contributed by atoms with van der Waals surface area (Å²) >= 11 is 1.34. The number of rotatable bonds is 13. The number of aromatic nitrogens is 3. The molecule has 0 saturated carbocycles. The van der Waals surface area contributed by atoms with E-state index in [1.165, 1.54) is 11.3 Å². The summed E-state index contributed by atoms with van der Waals surface area (Å²) in [5.41, 5.74) is 7.65. The monoisotopic (exact) mass is 465 g/mol. The van der Waals surface area contributed by atoms with Crippen LogP contribution in [0.5, 0.6) is 0 Å². The summed E-state index contributed by atoms with van der Waals surface area (Å²) in [6.07, 6.45) is 20.9. The van der Waals surface area contributed by atoms with Gasteiger partial charge in [0.2, 0.25) is 0 Å². The zero-order valence-corrected chi connectivity index (χ0v) is 20.0. The van der Waals surface area contributed by atoms with Gasteiger partial charge in [-0.3, -0.25) is 4.79 Å². The van der Waals surface area contributed by atoms with Gasteiger partial charge in [0.1, 0.15) is 16.5 Å². The van der Waals surface area contributed by atoms with Crippen LogP contribution in [0.15, 0.2) is 36.3 Å². The Bertz CT molecular complexity index is 971. The fourth-order valence-corrected chi connectivity index (χ4v) is 3.53. The molecule has 2 rings (SSSR count). The molecule has 0 saturated heterocycles. The molecule has 0 aliphatic carbocycles. The van der Waals surface area contributed by atoms with Gasteiger partial charge >= 0.3 is 0 Å². The van der Waals surface area contributed by atoms with Crippen LogP contribution >= 0.6 is 11.3 Å². The molecule has 8 nitrogen and oxygen atoms in total. The molecule has 0 amide bonds. The summed E-state index contributed by atoms with van der Waals surface area (Å²) < 4.78 is 0. The molecule has 0 atom stereocenters. The molecule has 0 bridgehead atoms. The van der Waals surface area contributed by atoms with Crippen molar-refractivity contribution >= 4 is 23.4 Å². The summed E-state index contributed by atoms with van der Waals surface area (Å²) in [7, 11) is 2.00. The Kier molecular flexibility index (Phi) is 13.5. The Labute approximate surface area is 200 Å². The summed E-state index contributed by atoms with van der Waals surface area (Å²) in [5.74, 6) is 0.739. The first-order valence-electron chi connectivity index (χ1n) is 10.6. The first-order valence-corrected chi connectivity index (χ1v) is 11.4. The molecule has 0 fully saturated rings.